The highest BCUT2D eigenvalue weighted by molar-refractivity contribution is 6.16. The summed E-state index contributed by atoms with van der Waals surface area (Å²) >= 11 is 0. The number of rotatable bonds is 6. The van der Waals surface area contributed by atoms with Crippen molar-refractivity contribution in [3.8, 4) is 34.5 Å². The molecule has 0 aliphatic carbocycles. The van der Waals surface area contributed by atoms with Crippen LogP contribution in [0.25, 0.3) is 21.5 Å². The molecule has 0 aromatic heterocycles. The third kappa shape index (κ3) is 2.49. The van der Waals surface area contributed by atoms with E-state index in [0.29, 0.717) is 34.5 Å². The molecular weight excluding hydrogens is 336 g/mol. The van der Waals surface area contributed by atoms with Gasteiger partial charge in [0, 0.05) is 10.8 Å². The van der Waals surface area contributed by atoms with Crippen LogP contribution < -0.4 is 28.4 Å². The maximum atomic E-state index is 5.70. The van der Waals surface area contributed by atoms with Crippen molar-refractivity contribution in [2.45, 2.75) is 0 Å². The number of methoxy groups -OCH3 is 6. The Kier molecular flexibility index (Phi) is 4.84. The first kappa shape index (κ1) is 17.8. The Morgan fingerprint density at radius 3 is 1.08 bits per heavy atom. The molecule has 0 saturated carbocycles. The van der Waals surface area contributed by atoms with Crippen molar-refractivity contribution in [2.75, 3.05) is 42.7 Å². The molecule has 0 amide bonds. The van der Waals surface area contributed by atoms with E-state index in [1.165, 1.54) is 0 Å². The molecule has 6 nitrogen and oxygen atoms in total. The predicted octanol–water partition coefficient (Wildman–Crippen LogP) is 4.04. The highest BCUT2D eigenvalue weighted by Gasteiger charge is 2.23. The summed E-state index contributed by atoms with van der Waals surface area (Å²) in [6, 6.07) is 7.81. The average Bonchev–Trinajstić information content (AvgIpc) is 2.69. The minimum atomic E-state index is 0.520. The monoisotopic (exact) mass is 358 g/mol. The molecule has 26 heavy (non-hydrogen) atoms. The summed E-state index contributed by atoms with van der Waals surface area (Å²) in [6.07, 6.45) is 0. The van der Waals surface area contributed by atoms with Gasteiger partial charge in [0.25, 0.3) is 0 Å². The summed E-state index contributed by atoms with van der Waals surface area (Å²) in [5.41, 5.74) is 0. The molecule has 0 fully saturated rings. The Morgan fingerprint density at radius 1 is 0.462 bits per heavy atom. The molecule has 0 aliphatic rings. The van der Waals surface area contributed by atoms with Gasteiger partial charge in [0.1, 0.15) is 0 Å². The number of fused-ring (bicyclic) bond motifs is 3. The van der Waals surface area contributed by atoms with Crippen molar-refractivity contribution < 1.29 is 28.4 Å². The molecule has 6 heteroatoms. The van der Waals surface area contributed by atoms with Gasteiger partial charge in [-0.2, -0.15) is 0 Å². The second kappa shape index (κ2) is 7.07. The lowest BCUT2D eigenvalue weighted by molar-refractivity contribution is 0.325. The molecule has 0 aliphatic heterocycles. The van der Waals surface area contributed by atoms with E-state index >= 15 is 0 Å². The lowest BCUT2D eigenvalue weighted by Gasteiger charge is -2.19. The summed E-state index contributed by atoms with van der Waals surface area (Å²) in [5.74, 6) is 3.36. The van der Waals surface area contributed by atoms with Crippen LogP contribution in [-0.2, 0) is 0 Å². The fraction of sp³-hybridized carbons (Fsp3) is 0.300. The van der Waals surface area contributed by atoms with Gasteiger partial charge in [0.2, 0.25) is 11.5 Å². The van der Waals surface area contributed by atoms with E-state index in [1.807, 2.05) is 24.3 Å². The molecule has 0 radical (unpaired) electrons. The van der Waals surface area contributed by atoms with Crippen LogP contribution in [0, 0.1) is 0 Å². The smallest absolute Gasteiger partial charge is 0.203 e. The van der Waals surface area contributed by atoms with E-state index in [2.05, 4.69) is 0 Å². The van der Waals surface area contributed by atoms with E-state index in [4.69, 9.17) is 28.4 Å². The van der Waals surface area contributed by atoms with E-state index < -0.39 is 0 Å². The van der Waals surface area contributed by atoms with Crippen LogP contribution in [-0.4, -0.2) is 42.7 Å². The zero-order valence-electron chi connectivity index (χ0n) is 15.8. The quantitative estimate of drug-likeness (QED) is 0.620. The third-order valence-corrected chi connectivity index (χ3v) is 4.41. The number of hydrogen-bond acceptors (Lipinski definition) is 6. The predicted molar refractivity (Wildman–Crippen MR) is 101 cm³/mol. The van der Waals surface area contributed by atoms with Gasteiger partial charge >= 0.3 is 0 Å². The summed E-state index contributed by atoms with van der Waals surface area (Å²) in [7, 11) is 9.55. The molecule has 0 heterocycles. The van der Waals surface area contributed by atoms with E-state index in [-0.39, 0.29) is 0 Å². The van der Waals surface area contributed by atoms with Gasteiger partial charge in [-0.05, 0) is 22.9 Å². The maximum absolute atomic E-state index is 5.70. The first-order valence-corrected chi connectivity index (χ1v) is 7.99. The van der Waals surface area contributed by atoms with Gasteiger partial charge in [0.05, 0.1) is 42.7 Å². The molecule has 3 rings (SSSR count). The van der Waals surface area contributed by atoms with Gasteiger partial charge in [-0.3, -0.25) is 0 Å². The largest absolute Gasteiger partial charge is 0.493 e. The lowest BCUT2D eigenvalue weighted by Crippen LogP contribution is -1.99. The zero-order chi connectivity index (χ0) is 18.8. The van der Waals surface area contributed by atoms with Gasteiger partial charge in [-0.25, -0.2) is 0 Å². The second-order valence-corrected chi connectivity index (χ2v) is 5.55. The Labute approximate surface area is 152 Å². The lowest BCUT2D eigenvalue weighted by atomic mass is 9.98. The fourth-order valence-corrected chi connectivity index (χ4v) is 3.31. The van der Waals surface area contributed by atoms with Crippen molar-refractivity contribution in [1.82, 2.24) is 0 Å². The van der Waals surface area contributed by atoms with Crippen LogP contribution in [0.4, 0.5) is 0 Å². The Balaban J connectivity index is 2.59. The van der Waals surface area contributed by atoms with Crippen molar-refractivity contribution in [1.29, 1.82) is 0 Å². The van der Waals surface area contributed by atoms with Gasteiger partial charge in [-0.1, -0.05) is 12.1 Å². The summed E-state index contributed by atoms with van der Waals surface area (Å²) < 4.78 is 33.4. The molecule has 3 aromatic carbocycles. The fourth-order valence-electron chi connectivity index (χ4n) is 3.31. The Hall–Kier alpha value is -3.02. The molecular formula is C20H22O6. The molecule has 138 valence electrons. The molecule has 0 N–H and O–H groups in total. The summed E-state index contributed by atoms with van der Waals surface area (Å²) in [5, 5.41) is 3.55. The number of hydrogen-bond donors (Lipinski definition) is 0. The maximum Gasteiger partial charge on any atom is 0.203 e. The van der Waals surface area contributed by atoms with Crippen LogP contribution in [0.15, 0.2) is 24.3 Å². The topological polar surface area (TPSA) is 55.4 Å². The van der Waals surface area contributed by atoms with Crippen molar-refractivity contribution in [3.05, 3.63) is 24.3 Å². The Bertz CT molecular complexity index is 885. The first-order valence-electron chi connectivity index (χ1n) is 7.99. The van der Waals surface area contributed by atoms with Crippen LogP contribution in [0.2, 0.25) is 0 Å². The van der Waals surface area contributed by atoms with Gasteiger partial charge < -0.3 is 28.4 Å². The summed E-state index contributed by atoms with van der Waals surface area (Å²) in [6.45, 7) is 0. The molecule has 0 atom stereocenters. The normalized spacial score (nSPS) is 10.7. The van der Waals surface area contributed by atoms with E-state index in [1.54, 1.807) is 42.7 Å². The third-order valence-electron chi connectivity index (χ3n) is 4.41. The highest BCUT2D eigenvalue weighted by Crippen LogP contribution is 2.51. The molecule has 0 saturated heterocycles. The van der Waals surface area contributed by atoms with Crippen LogP contribution >= 0.6 is 0 Å². The number of ether oxygens (including phenoxy) is 6. The average molecular weight is 358 g/mol. The first-order chi connectivity index (χ1) is 12.6. The molecule has 0 unspecified atom stereocenters. The minimum absolute atomic E-state index is 0.520. The van der Waals surface area contributed by atoms with Crippen molar-refractivity contribution >= 4 is 21.5 Å². The van der Waals surface area contributed by atoms with Gasteiger partial charge in [0.15, 0.2) is 23.0 Å². The van der Waals surface area contributed by atoms with Gasteiger partial charge in [-0.15, -0.1) is 0 Å². The molecule has 3 aromatic rings. The minimum Gasteiger partial charge on any atom is -0.493 e. The van der Waals surface area contributed by atoms with Crippen LogP contribution in [0.5, 0.6) is 34.5 Å². The standard InChI is InChI=1S/C20H22O6/c1-21-13-9-11-7-8-12-10-14(22-2)18(24-4)20(26-6)16(12)15(11)19(25-5)17(13)23-3/h7-10H,1-6H3. The second-order valence-electron chi connectivity index (χ2n) is 5.55. The summed E-state index contributed by atoms with van der Waals surface area (Å²) in [4.78, 5) is 0. The number of benzene rings is 3. The molecule has 0 bridgehead atoms. The van der Waals surface area contributed by atoms with Crippen LogP contribution in [0.1, 0.15) is 0 Å². The SMILES string of the molecule is COc1cc2ccc3cc(OC)c(OC)c(OC)c3c2c(OC)c1OC. The highest BCUT2D eigenvalue weighted by atomic mass is 16.5. The van der Waals surface area contributed by atoms with Crippen LogP contribution in [0.3, 0.4) is 0 Å². The van der Waals surface area contributed by atoms with E-state index in [9.17, 15) is 0 Å². The van der Waals surface area contributed by atoms with Crippen molar-refractivity contribution in [2.24, 2.45) is 0 Å². The zero-order valence-corrected chi connectivity index (χ0v) is 15.8. The van der Waals surface area contributed by atoms with E-state index in [0.717, 1.165) is 21.5 Å². The Morgan fingerprint density at radius 2 is 0.808 bits per heavy atom. The van der Waals surface area contributed by atoms with Crippen molar-refractivity contribution in [3.63, 3.8) is 0 Å². The molecule has 0 spiro atoms.